The normalized spacial score (nSPS) is 19.7. The van der Waals surface area contributed by atoms with Gasteiger partial charge in [0.1, 0.15) is 12.2 Å². The van der Waals surface area contributed by atoms with Crippen molar-refractivity contribution in [2.75, 3.05) is 41.4 Å². The van der Waals surface area contributed by atoms with E-state index in [1.165, 1.54) is 36.2 Å². The van der Waals surface area contributed by atoms with Crippen LogP contribution in [0.3, 0.4) is 0 Å². The molecule has 0 aliphatic carbocycles. The smallest absolute Gasteiger partial charge is 0.326 e. The summed E-state index contributed by atoms with van der Waals surface area (Å²) >= 11 is 0. The fraction of sp³-hybridized carbons (Fsp3) is 0.680. The maximum absolute atomic E-state index is 15.3. The van der Waals surface area contributed by atoms with E-state index >= 15 is 4.39 Å². The highest BCUT2D eigenvalue weighted by atomic mass is 19.1. The summed E-state index contributed by atoms with van der Waals surface area (Å²) in [6, 6.07) is 5.33. The number of ketones is 1. The maximum Gasteiger partial charge on any atom is 0.326 e. The van der Waals surface area contributed by atoms with Crippen LogP contribution in [0, 0.1) is 29.6 Å². The van der Waals surface area contributed by atoms with Gasteiger partial charge in [0.15, 0.2) is 5.78 Å². The summed E-state index contributed by atoms with van der Waals surface area (Å²) in [4.78, 5) is 111. The van der Waals surface area contributed by atoms with Crippen LogP contribution in [0.4, 0.5) is 4.39 Å². The van der Waals surface area contributed by atoms with Crippen LogP contribution in [-0.4, -0.2) is 156 Å². The second-order valence-corrected chi connectivity index (χ2v) is 19.0. The molecule has 2 N–H and O–H groups in total. The topological polar surface area (TPSA) is 200 Å². The summed E-state index contributed by atoms with van der Waals surface area (Å²) in [6.07, 6.45) is 1.22. The molecule has 16 nitrogen and oxygen atoms in total. The number of carbonyl (C=O) groups excluding carboxylic acids is 7. The van der Waals surface area contributed by atoms with Crippen LogP contribution in [0.2, 0.25) is 0 Å². The standard InChI is InChI=1S/C50H76FN5O11/c1-12-32(6)46(54(9)49(63)36(30(2)3)27-39(57)45(31(4)5)53(8)41(58)21-17-14-18-24-55-42(59)22-23-43(55)60)40(66-10)28-44(61)56-29-35(51)26-38(56)47(67-11)33(7)48(62)52-37(50(64)65)25-34-19-15-13-16-20-34/h13,15-16,19-20,22-23,30-33,35-38,40,45-47H,12,14,17-18,21,24-29H2,1-11H3,(H,52,62)(H,64,65)/t32-,33+,35-,36-,37-,38-,40+,45-,46-,47+/m0/s1. The molecule has 2 aliphatic rings. The summed E-state index contributed by atoms with van der Waals surface area (Å²) in [5.74, 6) is -6.27. The van der Waals surface area contributed by atoms with E-state index in [-0.39, 0.29) is 92.4 Å². The molecule has 1 aromatic rings. The quantitative estimate of drug-likeness (QED) is 0.0859. The molecule has 17 heteroatoms. The number of nitrogens with zero attached hydrogens (tertiary/aromatic N) is 4. The van der Waals surface area contributed by atoms with Crippen molar-refractivity contribution in [3.8, 4) is 0 Å². The largest absolute Gasteiger partial charge is 0.480 e. The monoisotopic (exact) mass is 942 g/mol. The number of nitrogens with one attached hydrogen (secondary N) is 1. The number of benzene rings is 1. The maximum atomic E-state index is 15.3. The Balaban J connectivity index is 1.74. The lowest BCUT2D eigenvalue weighted by atomic mass is 9.83. The second-order valence-electron chi connectivity index (χ2n) is 19.0. The molecule has 0 radical (unpaired) electrons. The van der Waals surface area contributed by atoms with Gasteiger partial charge in [-0.1, -0.05) is 91.6 Å². The number of halogens is 1. The Labute approximate surface area is 396 Å². The van der Waals surface area contributed by atoms with Crippen molar-refractivity contribution in [2.45, 2.75) is 149 Å². The molecule has 0 spiro atoms. The molecule has 0 bridgehead atoms. The molecule has 374 valence electrons. The molecule has 2 heterocycles. The first-order valence-corrected chi connectivity index (χ1v) is 23.7. The SMILES string of the molecule is CC[C@H](C)[C@@H]([C@@H](CC(=O)N1C[C@@H](F)C[C@H]1[C@H](OC)[C@@H](C)C(=O)N[C@@H](Cc1ccccc1)C(=O)O)OC)N(C)C(=O)[C@@H](CC(=O)[C@H](C(C)C)N(C)C(=O)CCCCCN1C(=O)C=CC1=O)C(C)C. The fourth-order valence-electron chi connectivity index (χ4n) is 9.57. The first-order chi connectivity index (χ1) is 31.6. The molecule has 0 saturated carbocycles. The van der Waals surface area contributed by atoms with E-state index in [0.717, 1.165) is 4.90 Å². The van der Waals surface area contributed by atoms with Crippen molar-refractivity contribution in [3.05, 3.63) is 48.0 Å². The third kappa shape index (κ3) is 15.2. The lowest BCUT2D eigenvalue weighted by Gasteiger charge is -2.41. The first-order valence-electron chi connectivity index (χ1n) is 23.7. The number of carbonyl (C=O) groups is 8. The van der Waals surface area contributed by atoms with Crippen LogP contribution in [0.25, 0.3) is 0 Å². The molecule has 1 saturated heterocycles. The van der Waals surface area contributed by atoms with Crippen molar-refractivity contribution < 1.29 is 57.3 Å². The fourth-order valence-corrected chi connectivity index (χ4v) is 9.57. The van der Waals surface area contributed by atoms with Gasteiger partial charge in [0.05, 0.1) is 49.2 Å². The Morgan fingerprint density at radius 1 is 0.866 bits per heavy atom. The van der Waals surface area contributed by atoms with Gasteiger partial charge in [-0.15, -0.1) is 0 Å². The minimum Gasteiger partial charge on any atom is -0.480 e. The van der Waals surface area contributed by atoms with Gasteiger partial charge >= 0.3 is 5.97 Å². The number of ether oxygens (including phenoxy) is 2. The highest BCUT2D eigenvalue weighted by molar-refractivity contribution is 6.12. The number of amides is 6. The summed E-state index contributed by atoms with van der Waals surface area (Å²) < 4.78 is 27.1. The van der Waals surface area contributed by atoms with Crippen LogP contribution in [0.5, 0.6) is 0 Å². The van der Waals surface area contributed by atoms with Crippen LogP contribution >= 0.6 is 0 Å². The number of imide groups is 1. The minimum atomic E-state index is -1.42. The predicted molar refractivity (Wildman–Crippen MR) is 250 cm³/mol. The minimum absolute atomic E-state index is 0.0436. The third-order valence-corrected chi connectivity index (χ3v) is 13.6. The number of hydrogen-bond acceptors (Lipinski definition) is 10. The highest BCUT2D eigenvalue weighted by Gasteiger charge is 2.46. The van der Waals surface area contributed by atoms with E-state index in [9.17, 15) is 43.5 Å². The van der Waals surface area contributed by atoms with Crippen LogP contribution in [0.15, 0.2) is 42.5 Å². The van der Waals surface area contributed by atoms with Gasteiger partial charge < -0.3 is 34.6 Å². The number of Topliss-reactive ketones (excluding diaryl/α,β-unsaturated/α-hetero) is 1. The molecular formula is C50H76FN5O11. The van der Waals surface area contributed by atoms with Gasteiger partial charge in [0.2, 0.25) is 23.6 Å². The third-order valence-electron chi connectivity index (χ3n) is 13.6. The summed E-state index contributed by atoms with van der Waals surface area (Å²) in [6.45, 7) is 12.9. The molecule has 0 aromatic heterocycles. The Morgan fingerprint density at radius 2 is 1.49 bits per heavy atom. The average molecular weight is 942 g/mol. The molecule has 3 rings (SSSR count). The molecule has 2 aliphatic heterocycles. The van der Waals surface area contributed by atoms with Gasteiger partial charge in [-0.2, -0.15) is 0 Å². The van der Waals surface area contributed by atoms with Crippen LogP contribution < -0.4 is 5.32 Å². The Morgan fingerprint density at radius 3 is 2.03 bits per heavy atom. The zero-order chi connectivity index (χ0) is 50.3. The number of methoxy groups -OCH3 is 2. The van der Waals surface area contributed by atoms with Crippen LogP contribution in [0.1, 0.15) is 105 Å². The number of unbranched alkanes of at least 4 members (excludes halogenated alkanes) is 2. The molecule has 0 unspecified atom stereocenters. The van der Waals surface area contributed by atoms with Crippen molar-refractivity contribution in [2.24, 2.45) is 29.6 Å². The van der Waals surface area contributed by atoms with Crippen LogP contribution in [-0.2, 0) is 54.3 Å². The molecule has 10 atom stereocenters. The lowest BCUT2D eigenvalue weighted by molar-refractivity contribution is -0.150. The average Bonchev–Trinajstić information content (AvgIpc) is 3.83. The summed E-state index contributed by atoms with van der Waals surface area (Å²) in [5, 5.41) is 12.5. The predicted octanol–water partition coefficient (Wildman–Crippen LogP) is 4.87. The number of hydrogen-bond donors (Lipinski definition) is 2. The van der Waals surface area contributed by atoms with Crippen molar-refractivity contribution in [1.82, 2.24) is 24.9 Å². The first kappa shape index (κ1) is 56.3. The number of aliphatic carboxylic acids is 1. The zero-order valence-corrected chi connectivity index (χ0v) is 41.4. The highest BCUT2D eigenvalue weighted by Crippen LogP contribution is 2.32. The van der Waals surface area contributed by atoms with E-state index in [0.29, 0.717) is 31.2 Å². The Kier molecular flexibility index (Phi) is 22.3. The van der Waals surface area contributed by atoms with E-state index in [2.05, 4.69) is 5.32 Å². The number of carboxylic acid groups (broad SMARTS) is 1. The number of likely N-dealkylation sites (N-methyl/N-ethyl adjacent to an activating group) is 2. The van der Waals surface area contributed by atoms with Gasteiger partial charge in [-0.3, -0.25) is 38.5 Å². The van der Waals surface area contributed by atoms with Gasteiger partial charge in [0, 0.05) is 78.6 Å². The van der Waals surface area contributed by atoms with Crippen molar-refractivity contribution in [1.29, 1.82) is 0 Å². The lowest BCUT2D eigenvalue weighted by Crippen LogP contribution is -2.55. The molecule has 1 aromatic carbocycles. The number of rotatable bonds is 28. The zero-order valence-electron chi connectivity index (χ0n) is 41.4. The van der Waals surface area contributed by atoms with E-state index in [1.54, 1.807) is 56.3 Å². The van der Waals surface area contributed by atoms with Crippen molar-refractivity contribution in [3.63, 3.8) is 0 Å². The van der Waals surface area contributed by atoms with E-state index in [4.69, 9.17) is 9.47 Å². The molecule has 67 heavy (non-hydrogen) atoms. The number of alkyl halides is 1. The summed E-state index contributed by atoms with van der Waals surface area (Å²) in [5.41, 5.74) is 0.715. The molecular weight excluding hydrogens is 866 g/mol. The van der Waals surface area contributed by atoms with E-state index < -0.39 is 72.2 Å². The van der Waals surface area contributed by atoms with Crippen molar-refractivity contribution >= 4 is 47.2 Å². The van der Waals surface area contributed by atoms with Gasteiger partial charge in [-0.05, 0) is 36.2 Å². The Hall–Kier alpha value is -5.03. The second kappa shape index (κ2) is 26.5. The van der Waals surface area contributed by atoms with Gasteiger partial charge in [0.25, 0.3) is 11.8 Å². The van der Waals surface area contributed by atoms with E-state index in [1.807, 2.05) is 41.5 Å². The molecule has 1 fully saturated rings. The number of likely N-dealkylation sites (tertiary alicyclic amines) is 1. The summed E-state index contributed by atoms with van der Waals surface area (Å²) in [7, 11) is 6.04. The number of carboxylic acids is 1. The van der Waals surface area contributed by atoms with Gasteiger partial charge in [-0.25, -0.2) is 9.18 Å². The Bertz CT molecular complexity index is 1880. The molecule has 6 amide bonds.